The standard InChI is InChI=1S/C20H18N4O4/c25-17-6-2-5-14(22-17)11-3-1-4-13(9-11)21-18(26)12-7-8-15-16(10-12)24-20(28)19(27)23-15/h1,3-4,7-10,14H,2,5-6H2,(H,21,26)(H,22,25)(H,23,27)(H,24,28). The molecule has 0 saturated carbocycles. The molecular formula is C20H18N4O4. The molecule has 8 nitrogen and oxygen atoms in total. The summed E-state index contributed by atoms with van der Waals surface area (Å²) in [5.74, 6) is -0.312. The van der Waals surface area contributed by atoms with Gasteiger partial charge in [0, 0.05) is 17.7 Å². The largest absolute Gasteiger partial charge is 0.349 e. The molecule has 1 aliphatic rings. The van der Waals surface area contributed by atoms with Gasteiger partial charge in [-0.2, -0.15) is 0 Å². The normalized spacial score (nSPS) is 16.6. The zero-order valence-corrected chi connectivity index (χ0v) is 14.9. The molecule has 0 radical (unpaired) electrons. The van der Waals surface area contributed by atoms with Crippen LogP contribution in [0.4, 0.5) is 5.69 Å². The second kappa shape index (κ2) is 7.15. The van der Waals surface area contributed by atoms with Gasteiger partial charge in [0.2, 0.25) is 5.91 Å². The van der Waals surface area contributed by atoms with Gasteiger partial charge >= 0.3 is 11.1 Å². The first-order valence-electron chi connectivity index (χ1n) is 8.97. The summed E-state index contributed by atoms with van der Waals surface area (Å²) in [6.45, 7) is 0. The lowest BCUT2D eigenvalue weighted by atomic mass is 9.97. The number of carbonyl (C=O) groups excluding carboxylic acids is 2. The lowest BCUT2D eigenvalue weighted by molar-refractivity contribution is -0.123. The van der Waals surface area contributed by atoms with Crippen molar-refractivity contribution in [2.75, 3.05) is 5.32 Å². The average molecular weight is 378 g/mol. The molecule has 1 unspecified atom stereocenters. The third kappa shape index (κ3) is 3.57. The number of hydrogen-bond acceptors (Lipinski definition) is 4. The van der Waals surface area contributed by atoms with Crippen molar-refractivity contribution in [1.82, 2.24) is 15.3 Å². The molecule has 0 spiro atoms. The summed E-state index contributed by atoms with van der Waals surface area (Å²) >= 11 is 0. The first kappa shape index (κ1) is 17.7. The minimum atomic E-state index is -0.771. The summed E-state index contributed by atoms with van der Waals surface area (Å²) in [5, 5.41) is 5.78. The highest BCUT2D eigenvalue weighted by Gasteiger charge is 2.20. The van der Waals surface area contributed by atoms with Gasteiger partial charge in [-0.05, 0) is 48.7 Å². The lowest BCUT2D eigenvalue weighted by Gasteiger charge is -2.24. The van der Waals surface area contributed by atoms with Crippen LogP contribution in [0.5, 0.6) is 0 Å². The van der Waals surface area contributed by atoms with E-state index in [-0.39, 0.29) is 17.9 Å². The van der Waals surface area contributed by atoms with Gasteiger partial charge in [-0.3, -0.25) is 19.2 Å². The van der Waals surface area contributed by atoms with Crippen molar-refractivity contribution in [3.05, 3.63) is 74.3 Å². The molecule has 1 aliphatic heterocycles. The second-order valence-electron chi connectivity index (χ2n) is 6.76. The monoisotopic (exact) mass is 378 g/mol. The van der Waals surface area contributed by atoms with Crippen LogP contribution in [0.25, 0.3) is 11.0 Å². The number of aromatic amines is 2. The third-order valence-corrected chi connectivity index (χ3v) is 4.76. The van der Waals surface area contributed by atoms with Gasteiger partial charge in [-0.15, -0.1) is 0 Å². The Morgan fingerprint density at radius 3 is 2.54 bits per heavy atom. The number of aromatic nitrogens is 2. The number of benzene rings is 2. The number of H-pyrrole nitrogens is 2. The maximum absolute atomic E-state index is 12.6. The molecule has 1 saturated heterocycles. The molecule has 1 fully saturated rings. The molecule has 2 heterocycles. The van der Waals surface area contributed by atoms with Crippen molar-refractivity contribution in [2.45, 2.75) is 25.3 Å². The SMILES string of the molecule is O=C1CCCC(c2cccc(NC(=O)c3ccc4[nH]c(=O)c(=O)[nH]c4c3)c2)N1. The quantitative estimate of drug-likeness (QED) is 0.519. The van der Waals surface area contributed by atoms with Crippen molar-refractivity contribution < 1.29 is 9.59 Å². The van der Waals surface area contributed by atoms with Crippen LogP contribution < -0.4 is 21.8 Å². The predicted molar refractivity (Wildman–Crippen MR) is 104 cm³/mol. The second-order valence-corrected chi connectivity index (χ2v) is 6.76. The van der Waals surface area contributed by atoms with Gasteiger partial charge in [0.25, 0.3) is 5.91 Å². The van der Waals surface area contributed by atoms with Gasteiger partial charge in [-0.1, -0.05) is 12.1 Å². The number of fused-ring (bicyclic) bond motifs is 1. The summed E-state index contributed by atoms with van der Waals surface area (Å²) in [6.07, 6.45) is 2.24. The topological polar surface area (TPSA) is 124 Å². The predicted octanol–water partition coefficient (Wildman–Crippen LogP) is 1.81. The van der Waals surface area contributed by atoms with E-state index < -0.39 is 11.1 Å². The van der Waals surface area contributed by atoms with E-state index in [1.54, 1.807) is 18.2 Å². The van der Waals surface area contributed by atoms with Gasteiger partial charge in [0.05, 0.1) is 17.1 Å². The number of nitrogens with one attached hydrogen (secondary N) is 4. The highest BCUT2D eigenvalue weighted by molar-refractivity contribution is 6.05. The van der Waals surface area contributed by atoms with Crippen LogP contribution in [0, 0.1) is 0 Å². The summed E-state index contributed by atoms with van der Waals surface area (Å²) in [6, 6.07) is 11.9. The lowest BCUT2D eigenvalue weighted by Crippen LogP contribution is -2.32. The molecule has 1 atom stereocenters. The Balaban J connectivity index is 1.56. The summed E-state index contributed by atoms with van der Waals surface area (Å²) in [5.41, 5.74) is 1.19. The van der Waals surface area contributed by atoms with Gasteiger partial charge in [0.15, 0.2) is 0 Å². The van der Waals surface area contributed by atoms with E-state index in [0.717, 1.165) is 18.4 Å². The Labute approximate surface area is 159 Å². The average Bonchev–Trinajstić information content (AvgIpc) is 2.69. The Morgan fingerprint density at radius 1 is 0.964 bits per heavy atom. The number of hydrogen-bond donors (Lipinski definition) is 4. The van der Waals surface area contributed by atoms with Crippen LogP contribution in [0.3, 0.4) is 0 Å². The molecule has 3 aromatic rings. The summed E-state index contributed by atoms with van der Waals surface area (Å²) in [7, 11) is 0. The van der Waals surface area contributed by atoms with E-state index in [9.17, 15) is 19.2 Å². The summed E-state index contributed by atoms with van der Waals surface area (Å²) in [4.78, 5) is 52.0. The molecule has 28 heavy (non-hydrogen) atoms. The fourth-order valence-corrected chi connectivity index (χ4v) is 3.35. The van der Waals surface area contributed by atoms with E-state index in [1.807, 2.05) is 18.2 Å². The first-order chi connectivity index (χ1) is 13.5. The van der Waals surface area contributed by atoms with E-state index >= 15 is 0 Å². The Bertz CT molecular complexity index is 1190. The van der Waals surface area contributed by atoms with Crippen LogP contribution in [0.15, 0.2) is 52.1 Å². The third-order valence-electron chi connectivity index (χ3n) is 4.76. The van der Waals surface area contributed by atoms with Crippen LogP contribution in [-0.2, 0) is 4.79 Å². The van der Waals surface area contributed by atoms with Crippen molar-refractivity contribution >= 4 is 28.5 Å². The maximum atomic E-state index is 12.6. The molecule has 8 heteroatoms. The Morgan fingerprint density at radius 2 is 1.75 bits per heavy atom. The van der Waals surface area contributed by atoms with Crippen molar-refractivity contribution in [3.63, 3.8) is 0 Å². The zero-order valence-electron chi connectivity index (χ0n) is 14.9. The number of amides is 2. The van der Waals surface area contributed by atoms with Crippen LogP contribution >= 0.6 is 0 Å². The van der Waals surface area contributed by atoms with Gasteiger partial charge < -0.3 is 20.6 Å². The minimum absolute atomic E-state index is 0.0360. The van der Waals surface area contributed by atoms with Crippen molar-refractivity contribution in [1.29, 1.82) is 0 Å². The zero-order chi connectivity index (χ0) is 19.7. The fraction of sp³-hybridized carbons (Fsp3) is 0.200. The highest BCUT2D eigenvalue weighted by atomic mass is 16.2. The molecule has 2 aromatic carbocycles. The minimum Gasteiger partial charge on any atom is -0.349 e. The van der Waals surface area contributed by atoms with E-state index in [1.165, 1.54) is 6.07 Å². The highest BCUT2D eigenvalue weighted by Crippen LogP contribution is 2.25. The molecule has 0 bridgehead atoms. The summed E-state index contributed by atoms with van der Waals surface area (Å²) < 4.78 is 0. The van der Waals surface area contributed by atoms with E-state index in [0.29, 0.717) is 28.7 Å². The molecule has 1 aromatic heterocycles. The van der Waals surface area contributed by atoms with Crippen LogP contribution in [0.2, 0.25) is 0 Å². The molecule has 2 amide bonds. The van der Waals surface area contributed by atoms with E-state index in [4.69, 9.17) is 0 Å². The maximum Gasteiger partial charge on any atom is 0.314 e. The number of piperidine rings is 1. The van der Waals surface area contributed by atoms with Crippen molar-refractivity contribution in [3.8, 4) is 0 Å². The van der Waals surface area contributed by atoms with Crippen LogP contribution in [0.1, 0.15) is 41.2 Å². The Hall–Kier alpha value is -3.68. The van der Waals surface area contributed by atoms with Crippen LogP contribution in [-0.4, -0.2) is 21.8 Å². The number of carbonyl (C=O) groups is 2. The molecule has 0 aliphatic carbocycles. The molecule has 4 rings (SSSR count). The molecule has 4 N–H and O–H groups in total. The number of anilines is 1. The number of rotatable bonds is 3. The van der Waals surface area contributed by atoms with Gasteiger partial charge in [-0.25, -0.2) is 0 Å². The molecule has 142 valence electrons. The molecular weight excluding hydrogens is 360 g/mol. The fourth-order valence-electron chi connectivity index (χ4n) is 3.35. The smallest absolute Gasteiger partial charge is 0.314 e. The first-order valence-corrected chi connectivity index (χ1v) is 8.97. The van der Waals surface area contributed by atoms with Gasteiger partial charge in [0.1, 0.15) is 0 Å². The van der Waals surface area contributed by atoms with E-state index in [2.05, 4.69) is 20.6 Å². The Kier molecular flexibility index (Phi) is 4.52. The van der Waals surface area contributed by atoms with Crippen molar-refractivity contribution in [2.24, 2.45) is 0 Å².